The molecule has 4 rings (SSSR count). The van der Waals surface area contributed by atoms with Crippen LogP contribution in [0.15, 0.2) is 39.9 Å². The lowest BCUT2D eigenvalue weighted by atomic mass is 10.1. The number of amides is 1. The van der Waals surface area contributed by atoms with E-state index in [1.165, 1.54) is 18.2 Å². The van der Waals surface area contributed by atoms with Gasteiger partial charge < -0.3 is 10.3 Å². The second-order valence-electron chi connectivity index (χ2n) is 7.47. The van der Waals surface area contributed by atoms with Crippen molar-refractivity contribution in [1.82, 2.24) is 19.6 Å². The zero-order valence-corrected chi connectivity index (χ0v) is 18.3. The lowest BCUT2D eigenvalue weighted by Crippen LogP contribution is -2.46. The van der Waals surface area contributed by atoms with E-state index in [1.54, 1.807) is 17.5 Å². The minimum Gasteiger partial charge on any atom is -0.334 e. The van der Waals surface area contributed by atoms with E-state index in [1.807, 2.05) is 4.90 Å². The molecule has 0 radical (unpaired) electrons. The Bertz CT molecular complexity index is 1200. The summed E-state index contributed by atoms with van der Waals surface area (Å²) in [6.07, 6.45) is -3.44. The smallest absolute Gasteiger partial charge is 0.334 e. The molecule has 1 aliphatic rings. The van der Waals surface area contributed by atoms with Crippen molar-refractivity contribution in [3.63, 3.8) is 0 Å². The van der Waals surface area contributed by atoms with Gasteiger partial charge in [-0.1, -0.05) is 6.07 Å². The van der Waals surface area contributed by atoms with E-state index >= 15 is 0 Å². The molecule has 8 nitrogen and oxygen atoms in total. The third-order valence-corrected chi connectivity index (χ3v) is 7.99. The van der Waals surface area contributed by atoms with Crippen molar-refractivity contribution in [3.8, 4) is 0 Å². The van der Waals surface area contributed by atoms with Crippen molar-refractivity contribution in [1.29, 1.82) is 0 Å². The van der Waals surface area contributed by atoms with E-state index in [0.717, 1.165) is 11.3 Å². The third-order valence-electron chi connectivity index (χ3n) is 5.07. The summed E-state index contributed by atoms with van der Waals surface area (Å²) in [5, 5.41) is 4.38. The van der Waals surface area contributed by atoms with Crippen LogP contribution in [-0.2, 0) is 21.0 Å². The molecule has 0 bridgehead atoms. The summed E-state index contributed by atoms with van der Waals surface area (Å²) in [6, 6.07) is 7.33. The zero-order chi connectivity index (χ0) is 22.9. The fourth-order valence-electron chi connectivity index (χ4n) is 3.53. The molecule has 1 saturated heterocycles. The molecule has 3 aromatic rings. The van der Waals surface area contributed by atoms with Gasteiger partial charge in [-0.05, 0) is 42.5 Å². The molecule has 1 aliphatic heterocycles. The Kier molecular flexibility index (Phi) is 6.25. The predicted molar refractivity (Wildman–Crippen MR) is 114 cm³/mol. The van der Waals surface area contributed by atoms with Gasteiger partial charge in [0.05, 0.1) is 17.6 Å². The normalized spacial score (nSPS) is 16.5. The van der Waals surface area contributed by atoms with E-state index in [4.69, 9.17) is 0 Å². The van der Waals surface area contributed by atoms with Crippen molar-refractivity contribution in [2.45, 2.75) is 29.3 Å². The van der Waals surface area contributed by atoms with Crippen LogP contribution in [0.1, 0.15) is 18.7 Å². The quantitative estimate of drug-likeness (QED) is 0.496. The number of carbonyl (C=O) groups excluding carboxylic acids is 1. The van der Waals surface area contributed by atoms with E-state index in [-0.39, 0.29) is 33.7 Å². The van der Waals surface area contributed by atoms with Crippen molar-refractivity contribution in [2.24, 2.45) is 0 Å². The number of piperidine rings is 1. The molecule has 2 aromatic heterocycles. The van der Waals surface area contributed by atoms with Crippen LogP contribution < -0.4 is 10.0 Å². The number of hydrogen-bond donors (Lipinski definition) is 3. The van der Waals surface area contributed by atoms with Gasteiger partial charge in [0.1, 0.15) is 4.21 Å². The number of carbonyl (C=O) groups is 1. The number of likely N-dealkylation sites (tertiary alicyclic amines) is 1. The SMILES string of the molecule is O=C(CN1CCC(NS(=O)(=O)c2cccs2)CC1)Nc1ccc2nc(C(F)(F)F)[nH]c2c1. The second-order valence-corrected chi connectivity index (χ2v) is 10.4. The lowest BCUT2D eigenvalue weighted by molar-refractivity contribution is -0.144. The van der Waals surface area contributed by atoms with Crippen molar-refractivity contribution < 1.29 is 26.4 Å². The fourth-order valence-corrected chi connectivity index (χ4v) is 5.84. The molecule has 172 valence electrons. The summed E-state index contributed by atoms with van der Waals surface area (Å²) in [5.74, 6) is -1.40. The molecule has 1 aromatic carbocycles. The number of H-pyrrole nitrogens is 1. The fraction of sp³-hybridized carbons (Fsp3) is 0.368. The molecule has 13 heteroatoms. The van der Waals surface area contributed by atoms with Crippen LogP contribution in [0.5, 0.6) is 0 Å². The second kappa shape index (κ2) is 8.81. The van der Waals surface area contributed by atoms with Gasteiger partial charge in [0, 0.05) is 24.8 Å². The number of nitrogens with zero attached hydrogens (tertiary/aromatic N) is 2. The van der Waals surface area contributed by atoms with Crippen LogP contribution in [0, 0.1) is 0 Å². The summed E-state index contributed by atoms with van der Waals surface area (Å²) in [7, 11) is -3.53. The van der Waals surface area contributed by atoms with Crippen molar-refractivity contribution >= 4 is 44.0 Å². The first kappa shape index (κ1) is 22.7. The van der Waals surface area contributed by atoms with Gasteiger partial charge in [0.15, 0.2) is 0 Å². The molecule has 0 unspecified atom stereocenters. The Balaban J connectivity index is 1.29. The molecular formula is C19H20F3N5O3S2. The largest absolute Gasteiger partial charge is 0.449 e. The minimum absolute atomic E-state index is 0.0964. The molecule has 0 atom stereocenters. The van der Waals surface area contributed by atoms with E-state index in [0.29, 0.717) is 31.6 Å². The summed E-state index contributed by atoms with van der Waals surface area (Å²) in [6.45, 7) is 1.18. The van der Waals surface area contributed by atoms with Gasteiger partial charge >= 0.3 is 6.18 Å². The number of anilines is 1. The highest BCUT2D eigenvalue weighted by Crippen LogP contribution is 2.29. The average molecular weight is 488 g/mol. The molecule has 1 fully saturated rings. The molecule has 0 aliphatic carbocycles. The first-order valence-electron chi connectivity index (χ1n) is 9.75. The maximum absolute atomic E-state index is 12.8. The first-order chi connectivity index (χ1) is 15.1. The number of rotatable bonds is 6. The van der Waals surface area contributed by atoms with Gasteiger partial charge in [-0.25, -0.2) is 18.1 Å². The monoisotopic (exact) mass is 487 g/mol. The molecule has 3 heterocycles. The number of nitrogens with one attached hydrogen (secondary N) is 3. The summed E-state index contributed by atoms with van der Waals surface area (Å²) in [5.41, 5.74) is 0.690. The number of aromatic nitrogens is 2. The van der Waals surface area contributed by atoms with Crippen LogP contribution in [0.2, 0.25) is 0 Å². The van der Waals surface area contributed by atoms with Gasteiger partial charge in [-0.3, -0.25) is 9.69 Å². The summed E-state index contributed by atoms with van der Waals surface area (Å²) >= 11 is 1.16. The highest BCUT2D eigenvalue weighted by atomic mass is 32.2. The van der Waals surface area contributed by atoms with E-state index < -0.39 is 22.0 Å². The predicted octanol–water partition coefficient (Wildman–Crippen LogP) is 3.02. The first-order valence-corrected chi connectivity index (χ1v) is 12.1. The number of alkyl halides is 3. The van der Waals surface area contributed by atoms with Crippen molar-refractivity contribution in [2.75, 3.05) is 25.0 Å². The van der Waals surface area contributed by atoms with Gasteiger partial charge in [0.2, 0.25) is 21.8 Å². The maximum Gasteiger partial charge on any atom is 0.449 e. The number of hydrogen-bond acceptors (Lipinski definition) is 6. The molecule has 1 amide bonds. The topological polar surface area (TPSA) is 107 Å². The van der Waals surface area contributed by atoms with Crippen LogP contribution in [0.3, 0.4) is 0 Å². The van der Waals surface area contributed by atoms with Crippen LogP contribution >= 0.6 is 11.3 Å². The molecule has 0 saturated carbocycles. The molecule has 3 N–H and O–H groups in total. The number of fused-ring (bicyclic) bond motifs is 1. The summed E-state index contributed by atoms with van der Waals surface area (Å²) in [4.78, 5) is 20.0. The van der Waals surface area contributed by atoms with Crippen molar-refractivity contribution in [3.05, 3.63) is 41.5 Å². The maximum atomic E-state index is 12.8. The van der Waals surface area contributed by atoms with Crippen LogP contribution in [0.25, 0.3) is 11.0 Å². The molecular weight excluding hydrogens is 467 g/mol. The van der Waals surface area contributed by atoms with Crippen LogP contribution in [-0.4, -0.2) is 54.9 Å². The average Bonchev–Trinajstić information content (AvgIpc) is 3.39. The number of aromatic amines is 1. The number of thiophene rings is 1. The zero-order valence-electron chi connectivity index (χ0n) is 16.6. The Morgan fingerprint density at radius 3 is 2.66 bits per heavy atom. The standard InChI is InChI=1S/C19H20F3N5O3S2/c20-19(21,22)18-24-14-4-3-13(10-15(14)25-18)23-16(28)11-27-7-5-12(6-8-27)26-32(29,30)17-2-1-9-31-17/h1-4,9-10,12,26H,5-8,11H2,(H,23,28)(H,24,25). The summed E-state index contributed by atoms with van der Waals surface area (Å²) < 4.78 is 66.0. The Morgan fingerprint density at radius 1 is 1.25 bits per heavy atom. The van der Waals surface area contributed by atoms with Gasteiger partial charge in [0.25, 0.3) is 0 Å². The lowest BCUT2D eigenvalue weighted by Gasteiger charge is -2.31. The van der Waals surface area contributed by atoms with E-state index in [2.05, 4.69) is 20.0 Å². The highest BCUT2D eigenvalue weighted by molar-refractivity contribution is 7.91. The number of imidazole rings is 1. The number of halogens is 3. The Labute approximate surface area is 185 Å². The van der Waals surface area contributed by atoms with Crippen LogP contribution in [0.4, 0.5) is 18.9 Å². The Hall–Kier alpha value is -2.48. The third kappa shape index (κ3) is 5.28. The van der Waals surface area contributed by atoms with Gasteiger partial charge in [-0.15, -0.1) is 11.3 Å². The Morgan fingerprint density at radius 2 is 2.00 bits per heavy atom. The van der Waals surface area contributed by atoms with Gasteiger partial charge in [-0.2, -0.15) is 13.2 Å². The minimum atomic E-state index is -4.58. The molecule has 0 spiro atoms. The highest BCUT2D eigenvalue weighted by Gasteiger charge is 2.34. The number of benzene rings is 1. The number of sulfonamides is 1. The van der Waals surface area contributed by atoms with E-state index in [9.17, 15) is 26.4 Å². The molecule has 32 heavy (non-hydrogen) atoms.